The van der Waals surface area contributed by atoms with Crippen LogP contribution in [0.2, 0.25) is 0 Å². The van der Waals surface area contributed by atoms with Gasteiger partial charge in [0.05, 0.1) is 69.6 Å². The molecule has 2 aliphatic heterocycles. The number of carbonyl (C=O) groups excluding carboxylic acids is 7. The lowest BCUT2D eigenvalue weighted by Gasteiger charge is -2.36. The molecule has 3 aromatic heterocycles. The van der Waals surface area contributed by atoms with Gasteiger partial charge in [-0.2, -0.15) is 0 Å². The van der Waals surface area contributed by atoms with Crippen molar-refractivity contribution in [3.63, 3.8) is 0 Å². The number of nitrogens with zero attached hydrogens (tertiary/aromatic N) is 5. The van der Waals surface area contributed by atoms with Crippen molar-refractivity contribution in [2.75, 3.05) is 59.2 Å². The summed E-state index contributed by atoms with van der Waals surface area (Å²) in [6, 6.07) is 29.2. The predicted octanol–water partition coefficient (Wildman–Crippen LogP) is 15.8. The van der Waals surface area contributed by atoms with E-state index in [-0.39, 0.29) is 76.8 Å². The van der Waals surface area contributed by atoms with Gasteiger partial charge in [0.1, 0.15) is 87.8 Å². The molecule has 4 unspecified atom stereocenters. The highest BCUT2D eigenvalue weighted by Crippen LogP contribution is 2.73. The summed E-state index contributed by atoms with van der Waals surface area (Å²) in [5, 5.41) is 15.5. The Morgan fingerprint density at radius 1 is 0.597 bits per heavy atom. The van der Waals surface area contributed by atoms with Crippen LogP contribution in [0.25, 0.3) is 44.5 Å². The number of hydrogen-bond acceptors (Lipinski definition) is 25. The molecule has 4 aromatic carbocycles. The van der Waals surface area contributed by atoms with E-state index in [1.54, 1.807) is 46.3 Å². The lowest BCUT2D eigenvalue weighted by Crippen LogP contribution is -2.58. The number of rotatable bonds is 34. The first-order valence-corrected chi connectivity index (χ1v) is 46.4. The molecule has 6 fully saturated rings. The van der Waals surface area contributed by atoms with Crippen LogP contribution in [0.3, 0.4) is 0 Å². The molecule has 7 aromatic rings. The topological polar surface area (TPSA) is 381 Å². The number of carbonyl (C=O) groups is 7. The monoisotopic (exact) mass is 1770 g/mol. The number of thiazole rings is 1. The zero-order valence-electron chi connectivity index (χ0n) is 72.5. The number of anilines is 1. The van der Waals surface area contributed by atoms with Crippen molar-refractivity contribution in [3.05, 3.63) is 145 Å². The minimum absolute atomic E-state index is 0.00395. The molecule has 2 saturated heterocycles. The molecule has 6 aliphatic rings. The van der Waals surface area contributed by atoms with Gasteiger partial charge in [-0.25, -0.2) is 29.3 Å². The van der Waals surface area contributed by atoms with E-state index < -0.39 is 134 Å². The van der Waals surface area contributed by atoms with Crippen LogP contribution >= 0.6 is 26.5 Å². The number of hydrogen-bond donors (Lipinski definition) is 6. The summed E-state index contributed by atoms with van der Waals surface area (Å²) in [7, 11) is -5.62. The van der Waals surface area contributed by atoms with Crippen molar-refractivity contribution in [2.45, 2.75) is 218 Å². The number of alkyl carbamates (subject to hydrolysis) is 2. The summed E-state index contributed by atoms with van der Waals surface area (Å²) in [5.41, 5.74) is 3.17. The Kier molecular flexibility index (Phi) is 30.0. The van der Waals surface area contributed by atoms with Gasteiger partial charge < -0.3 is 88.2 Å². The standard InChI is InChI=1S/C46H55N4O9P.C44H61N6O12PS/c1-6-32-28-46(32,60(54,55)57-24-23-30-15-9-7-10-16-30)49-42(51)39-26-35(29-50(39)43(52)41(45(2,3)4)48-44(53)59-33-19-13-14-20-33)58-40-27-37(31-17-11-8-12-18-31)47-38-25-34(56-5)21-22-36(38)40;1-10-27-22-44(27,63(55,59-12-3)60-25-58-42(54)57-11-2)49-38(51)35-20-30(23-50(35)39(52)37(43(6,7)8)48-41(53)62-28-15-13-14-16-28)61-36-21-33(34-24-64-40(47-34)45-26(4)5)46-32-19-29(56-9)17-18-31(32)36/h6-12,15-18,21-22,25,27,32-33,35,39,41H,1,13-14,19-20,23-24,26,28-29H2,2-5H3,(H,48,53)(H,49,51)(H,54,55);10,17-19,21,24,26-28,30,35,37H,1,11-16,20,22-23,25H2,2-9H3,(H,45,47)(H,48,53)(H,49,51)/t32?,35-,39+,41-,46?;27-,30-,35+,37-,44+,63?/m11/s1. The molecule has 12 atom stereocenters. The van der Waals surface area contributed by atoms with Crippen LogP contribution in [0.5, 0.6) is 23.0 Å². The molecule has 4 aliphatic carbocycles. The van der Waals surface area contributed by atoms with E-state index in [0.29, 0.717) is 68.3 Å². The number of fused-ring (bicyclic) bond motifs is 2. The number of aromatic nitrogens is 3. The lowest BCUT2D eigenvalue weighted by atomic mass is 9.85. The van der Waals surface area contributed by atoms with E-state index in [4.69, 9.17) is 66.4 Å². The van der Waals surface area contributed by atoms with Crippen LogP contribution in [-0.4, -0.2) is 191 Å². The van der Waals surface area contributed by atoms with Gasteiger partial charge >= 0.3 is 33.5 Å². The molecule has 6 N–H and O–H groups in total. The third-order valence-corrected chi connectivity index (χ3v) is 28.7. The van der Waals surface area contributed by atoms with Crippen molar-refractivity contribution in [3.8, 4) is 45.6 Å². The minimum Gasteiger partial charge on any atom is -0.497 e. The molecule has 668 valence electrons. The van der Waals surface area contributed by atoms with Gasteiger partial charge in [0.2, 0.25) is 30.4 Å². The molecular weight excluding hydrogens is 1650 g/mol. The summed E-state index contributed by atoms with van der Waals surface area (Å²) in [4.78, 5) is 127. The van der Waals surface area contributed by atoms with Crippen LogP contribution in [0.1, 0.15) is 152 Å². The molecule has 0 spiro atoms. The maximum atomic E-state index is 14.9. The Bertz CT molecular complexity index is 5100. The van der Waals surface area contributed by atoms with Gasteiger partial charge in [-0.1, -0.05) is 114 Å². The van der Waals surface area contributed by atoms with E-state index in [1.807, 2.05) is 152 Å². The average Bonchev–Trinajstić information content (AvgIpc) is 1.27. The summed E-state index contributed by atoms with van der Waals surface area (Å²) in [6.45, 7) is 25.0. The van der Waals surface area contributed by atoms with Crippen LogP contribution in [0.4, 0.5) is 19.5 Å². The fourth-order valence-corrected chi connectivity index (χ4v) is 21.2. The molecule has 4 saturated carbocycles. The van der Waals surface area contributed by atoms with Crippen molar-refractivity contribution < 1.29 is 99.1 Å². The predicted molar refractivity (Wildman–Crippen MR) is 469 cm³/mol. The average molecular weight is 1770 g/mol. The van der Waals surface area contributed by atoms with Gasteiger partial charge in [0.15, 0.2) is 5.13 Å². The van der Waals surface area contributed by atoms with Gasteiger partial charge in [-0.3, -0.25) is 32.8 Å². The molecule has 0 radical (unpaired) electrons. The molecule has 0 bridgehead atoms. The van der Waals surface area contributed by atoms with E-state index in [2.05, 4.69) is 39.7 Å². The second kappa shape index (κ2) is 40.0. The van der Waals surface area contributed by atoms with Crippen molar-refractivity contribution in [1.29, 1.82) is 0 Å². The Labute approximate surface area is 727 Å². The summed E-state index contributed by atoms with van der Waals surface area (Å²) in [5.74, 6) is -1.36. The quantitative estimate of drug-likeness (QED) is 0.00717. The van der Waals surface area contributed by atoms with Gasteiger partial charge in [0.25, 0.3) is 0 Å². The maximum absolute atomic E-state index is 14.9. The first kappa shape index (κ1) is 93.0. The van der Waals surface area contributed by atoms with E-state index in [1.165, 1.54) is 33.3 Å². The Balaban J connectivity index is 0.000000227. The first-order valence-electron chi connectivity index (χ1n) is 42.4. The Morgan fingerprint density at radius 3 is 1.55 bits per heavy atom. The van der Waals surface area contributed by atoms with Crippen LogP contribution < -0.4 is 45.5 Å². The summed E-state index contributed by atoms with van der Waals surface area (Å²) < 4.78 is 91.5. The number of nitrogens with one attached hydrogen (secondary N) is 5. The fraction of sp³-hybridized carbons (Fsp3) is 0.511. The Hall–Kier alpha value is -10.2. The number of likely N-dealkylation sites (tertiary alicyclic amines) is 2. The minimum atomic E-state index is -4.48. The highest BCUT2D eigenvalue weighted by atomic mass is 32.1. The number of methoxy groups -OCH3 is 2. The smallest absolute Gasteiger partial charge is 0.497 e. The van der Waals surface area contributed by atoms with Crippen molar-refractivity contribution in [2.24, 2.45) is 22.7 Å². The maximum Gasteiger partial charge on any atom is 0.510 e. The second-order valence-corrected chi connectivity index (χ2v) is 39.7. The second-order valence-electron chi connectivity index (χ2n) is 34.5. The van der Waals surface area contributed by atoms with Gasteiger partial charge in [-0.15, -0.1) is 24.5 Å². The highest BCUT2D eigenvalue weighted by Gasteiger charge is 2.70. The van der Waals surface area contributed by atoms with Crippen LogP contribution in [0.15, 0.2) is 140 Å². The third kappa shape index (κ3) is 22.0. The Morgan fingerprint density at radius 2 is 1.08 bits per heavy atom. The highest BCUT2D eigenvalue weighted by molar-refractivity contribution is 7.56. The number of pyridine rings is 2. The van der Waals surface area contributed by atoms with Gasteiger partial charge in [-0.05, 0) is 139 Å². The normalized spacial score (nSPS) is 22.7. The molecule has 34 heteroatoms. The van der Waals surface area contributed by atoms with Crippen LogP contribution in [-0.2, 0) is 67.2 Å². The van der Waals surface area contributed by atoms with Crippen LogP contribution in [0, 0.1) is 22.7 Å². The molecule has 5 heterocycles. The van der Waals surface area contributed by atoms with Crippen molar-refractivity contribution in [1.82, 2.24) is 46.0 Å². The van der Waals surface area contributed by atoms with Gasteiger partial charge in [0, 0.05) is 76.7 Å². The van der Waals surface area contributed by atoms with E-state index in [9.17, 15) is 47.6 Å². The number of benzene rings is 4. The fourth-order valence-electron chi connectivity index (χ4n) is 16.3. The summed E-state index contributed by atoms with van der Waals surface area (Å²) >= 11 is 1.45. The number of ether oxygens (including phenoxy) is 8. The zero-order valence-corrected chi connectivity index (χ0v) is 75.1. The zero-order chi connectivity index (χ0) is 89.1. The molecular formula is C90H116N10O21P2S. The van der Waals surface area contributed by atoms with Crippen molar-refractivity contribution >= 4 is 95.4 Å². The first-order chi connectivity index (χ1) is 59.1. The SMILES string of the molecule is C=CC1CC1(NC(=O)[C@@H]1C[C@@H](Oc2cc(-c3ccccc3)nc3cc(OC)ccc23)CN1C(=O)[C@@H](NC(=O)OC1CCCC1)C(C)(C)C)P(=O)(O)OCCc1ccccc1.C=C[C@@H]1C[C@]1(NC(=O)[C@@H]1C[C@@H](Oc2cc(-c3csc(NC(C)C)n3)nc3cc(OC)ccc23)CN1C(=O)[C@@H](NC(=O)OC1CCCC1)C(C)(C)C)P(=O)(OCC)OCOC(=O)OCC. The molecule has 6 amide bonds. The summed E-state index contributed by atoms with van der Waals surface area (Å²) in [6.07, 6.45) is 6.17. The lowest BCUT2D eigenvalue weighted by molar-refractivity contribution is -0.142. The number of amides is 6. The van der Waals surface area contributed by atoms with E-state index >= 15 is 0 Å². The molecule has 13 rings (SSSR count). The van der Waals surface area contributed by atoms with E-state index in [0.717, 1.165) is 67.6 Å². The molecule has 31 nitrogen and oxygen atoms in total. The molecule has 124 heavy (non-hydrogen) atoms. The third-order valence-electron chi connectivity index (χ3n) is 23.1. The largest absolute Gasteiger partial charge is 0.510 e.